The number of amides is 2. The van der Waals surface area contributed by atoms with Crippen molar-refractivity contribution in [2.45, 2.75) is 57.7 Å². The molecule has 2 rings (SSSR count). The molecule has 1 aliphatic rings. The Bertz CT molecular complexity index is 573. The largest absolute Gasteiger partial charge is 0.378 e. The lowest BCUT2D eigenvalue weighted by Gasteiger charge is -2.31. The summed E-state index contributed by atoms with van der Waals surface area (Å²) in [5.41, 5.74) is 6.56. The van der Waals surface area contributed by atoms with Crippen LogP contribution in [-0.2, 0) is 25.5 Å². The monoisotopic (exact) mass is 376 g/mol. The molecule has 2 atom stereocenters. The second-order valence-corrected chi connectivity index (χ2v) is 6.99. The predicted octanol–water partition coefficient (Wildman–Crippen LogP) is 2.30. The first-order chi connectivity index (χ1) is 13.1. The minimum atomic E-state index is -0.736. The summed E-state index contributed by atoms with van der Waals surface area (Å²) in [6.45, 7) is 4.29. The van der Waals surface area contributed by atoms with E-state index in [1.54, 1.807) is 4.90 Å². The van der Waals surface area contributed by atoms with Crippen molar-refractivity contribution < 1.29 is 19.1 Å². The van der Waals surface area contributed by atoms with Gasteiger partial charge in [0.2, 0.25) is 5.91 Å². The Morgan fingerprint density at radius 3 is 2.44 bits per heavy atom. The van der Waals surface area contributed by atoms with Crippen molar-refractivity contribution >= 4 is 11.8 Å². The van der Waals surface area contributed by atoms with Gasteiger partial charge in [0, 0.05) is 19.5 Å². The fraction of sp³-hybridized carbons (Fsp3) is 0.619. The average molecular weight is 376 g/mol. The number of morpholine rings is 1. The van der Waals surface area contributed by atoms with E-state index in [2.05, 4.69) is 6.92 Å². The van der Waals surface area contributed by atoms with E-state index in [-0.39, 0.29) is 5.91 Å². The van der Waals surface area contributed by atoms with Crippen molar-refractivity contribution in [3.8, 4) is 0 Å². The average Bonchev–Trinajstić information content (AvgIpc) is 2.70. The van der Waals surface area contributed by atoms with Gasteiger partial charge in [-0.1, -0.05) is 62.9 Å². The van der Waals surface area contributed by atoms with Crippen molar-refractivity contribution in [3.05, 3.63) is 35.9 Å². The molecule has 0 aromatic heterocycles. The number of carbonyl (C=O) groups is 2. The molecule has 1 saturated heterocycles. The number of nitrogens with zero attached hydrogens (tertiary/aromatic N) is 1. The molecule has 0 spiro atoms. The van der Waals surface area contributed by atoms with E-state index in [9.17, 15) is 9.59 Å². The lowest BCUT2D eigenvalue weighted by Crippen LogP contribution is -2.49. The molecular formula is C21H32N2O4. The number of benzene rings is 1. The lowest BCUT2D eigenvalue weighted by molar-refractivity contribution is -0.155. The minimum Gasteiger partial charge on any atom is -0.378 e. The molecule has 0 radical (unpaired) electrons. The van der Waals surface area contributed by atoms with Gasteiger partial charge in [-0.25, -0.2) is 0 Å². The third kappa shape index (κ3) is 7.31. The number of rotatable bonds is 11. The predicted molar refractivity (Wildman–Crippen MR) is 104 cm³/mol. The van der Waals surface area contributed by atoms with Gasteiger partial charge in [0.1, 0.15) is 12.2 Å². The fourth-order valence-electron chi connectivity index (χ4n) is 3.24. The molecule has 0 aliphatic carbocycles. The van der Waals surface area contributed by atoms with Crippen LogP contribution in [0, 0.1) is 0 Å². The van der Waals surface area contributed by atoms with Crippen LogP contribution in [0.1, 0.15) is 44.6 Å². The molecule has 1 aliphatic heterocycles. The van der Waals surface area contributed by atoms with Crippen molar-refractivity contribution in [2.75, 3.05) is 26.3 Å². The smallest absolute Gasteiger partial charge is 0.252 e. The van der Waals surface area contributed by atoms with E-state index in [4.69, 9.17) is 15.2 Å². The zero-order valence-corrected chi connectivity index (χ0v) is 16.3. The molecule has 6 nitrogen and oxygen atoms in total. The van der Waals surface area contributed by atoms with Crippen molar-refractivity contribution in [3.63, 3.8) is 0 Å². The topological polar surface area (TPSA) is 81.9 Å². The van der Waals surface area contributed by atoms with Crippen LogP contribution in [0.3, 0.4) is 0 Å². The van der Waals surface area contributed by atoms with Crippen LogP contribution in [0.2, 0.25) is 0 Å². The van der Waals surface area contributed by atoms with E-state index in [0.717, 1.165) is 31.2 Å². The molecule has 1 fully saturated rings. The summed E-state index contributed by atoms with van der Waals surface area (Å²) in [7, 11) is 0. The summed E-state index contributed by atoms with van der Waals surface area (Å²) >= 11 is 0. The number of carbonyl (C=O) groups excluding carboxylic acids is 2. The second-order valence-electron chi connectivity index (χ2n) is 6.99. The fourth-order valence-corrected chi connectivity index (χ4v) is 3.24. The second kappa shape index (κ2) is 11.7. The molecular weight excluding hydrogens is 344 g/mol. The molecule has 27 heavy (non-hydrogen) atoms. The Balaban J connectivity index is 2.06. The van der Waals surface area contributed by atoms with Crippen LogP contribution < -0.4 is 5.73 Å². The molecule has 6 heteroatoms. The minimum absolute atomic E-state index is 0.0954. The quantitative estimate of drug-likeness (QED) is 0.601. The molecule has 1 aromatic rings. The molecule has 1 heterocycles. The van der Waals surface area contributed by atoms with Gasteiger partial charge in [-0.3, -0.25) is 9.59 Å². The van der Waals surface area contributed by atoms with Crippen LogP contribution in [0.15, 0.2) is 30.3 Å². The van der Waals surface area contributed by atoms with Gasteiger partial charge in [0.15, 0.2) is 0 Å². The number of ether oxygens (including phenoxy) is 2. The van der Waals surface area contributed by atoms with E-state index >= 15 is 0 Å². The van der Waals surface area contributed by atoms with Crippen molar-refractivity contribution in [2.24, 2.45) is 5.73 Å². The Morgan fingerprint density at radius 2 is 1.81 bits per heavy atom. The summed E-state index contributed by atoms with van der Waals surface area (Å²) in [5.74, 6) is -0.596. The van der Waals surface area contributed by atoms with Gasteiger partial charge in [-0.2, -0.15) is 0 Å². The Labute approximate surface area is 162 Å². The first-order valence-corrected chi connectivity index (χ1v) is 9.97. The van der Waals surface area contributed by atoms with E-state index in [1.165, 1.54) is 0 Å². The standard InChI is InChI=1S/C21H32N2O4/c1-2-3-4-8-11-18(20(22)24)27-19(16-17-9-6-5-7-10-17)21(25)23-12-14-26-15-13-23/h5-7,9-10,18-19H,2-4,8,11-16H2,1H3,(H2,22,24)/t18-,19-/m0/s1. The highest BCUT2D eigenvalue weighted by molar-refractivity contribution is 5.83. The number of primary amides is 1. The zero-order chi connectivity index (χ0) is 19.5. The molecule has 0 bridgehead atoms. The number of hydrogen-bond acceptors (Lipinski definition) is 4. The highest BCUT2D eigenvalue weighted by Crippen LogP contribution is 2.16. The Hall–Kier alpha value is -1.92. The summed E-state index contributed by atoms with van der Waals surface area (Å²) in [5, 5.41) is 0. The van der Waals surface area contributed by atoms with E-state index in [1.807, 2.05) is 30.3 Å². The molecule has 0 saturated carbocycles. The van der Waals surface area contributed by atoms with Gasteiger partial charge in [0.05, 0.1) is 13.2 Å². The van der Waals surface area contributed by atoms with Gasteiger partial charge >= 0.3 is 0 Å². The third-order valence-electron chi connectivity index (χ3n) is 4.83. The number of unbranched alkanes of at least 4 members (excludes halogenated alkanes) is 3. The highest BCUT2D eigenvalue weighted by atomic mass is 16.5. The molecule has 150 valence electrons. The maximum Gasteiger partial charge on any atom is 0.252 e. The van der Waals surface area contributed by atoms with Crippen molar-refractivity contribution in [1.29, 1.82) is 0 Å². The number of hydrogen-bond donors (Lipinski definition) is 1. The van der Waals surface area contributed by atoms with E-state index in [0.29, 0.717) is 39.1 Å². The Kier molecular flexibility index (Phi) is 9.28. The van der Waals surface area contributed by atoms with Crippen molar-refractivity contribution in [1.82, 2.24) is 4.90 Å². The van der Waals surface area contributed by atoms with Gasteiger partial charge in [0.25, 0.3) is 5.91 Å². The highest BCUT2D eigenvalue weighted by Gasteiger charge is 2.30. The Morgan fingerprint density at radius 1 is 1.11 bits per heavy atom. The molecule has 2 N–H and O–H groups in total. The first-order valence-electron chi connectivity index (χ1n) is 9.97. The van der Waals surface area contributed by atoms with Crippen LogP contribution in [0.25, 0.3) is 0 Å². The normalized spacial score (nSPS) is 16.7. The summed E-state index contributed by atoms with van der Waals surface area (Å²) in [4.78, 5) is 26.7. The molecule has 0 unspecified atom stereocenters. The first kappa shape index (κ1) is 21.4. The van der Waals surface area contributed by atoms with Crippen LogP contribution >= 0.6 is 0 Å². The zero-order valence-electron chi connectivity index (χ0n) is 16.3. The summed E-state index contributed by atoms with van der Waals surface area (Å²) in [6.07, 6.45) is 3.66. The maximum atomic E-state index is 13.0. The molecule has 1 aromatic carbocycles. The van der Waals surface area contributed by atoms with Crippen LogP contribution in [-0.4, -0.2) is 55.2 Å². The van der Waals surface area contributed by atoms with Gasteiger partial charge < -0.3 is 20.1 Å². The summed E-state index contributed by atoms with van der Waals surface area (Å²) < 4.78 is 11.3. The maximum absolute atomic E-state index is 13.0. The van der Waals surface area contributed by atoms with Gasteiger partial charge in [-0.05, 0) is 12.0 Å². The third-order valence-corrected chi connectivity index (χ3v) is 4.83. The number of nitrogens with two attached hydrogens (primary N) is 1. The summed E-state index contributed by atoms with van der Waals surface area (Å²) in [6, 6.07) is 9.72. The lowest BCUT2D eigenvalue weighted by atomic mass is 10.0. The van der Waals surface area contributed by atoms with Crippen LogP contribution in [0.4, 0.5) is 0 Å². The molecule has 2 amide bonds. The van der Waals surface area contributed by atoms with E-state index < -0.39 is 18.1 Å². The SMILES string of the molecule is CCCCCC[C@H](O[C@@H](Cc1ccccc1)C(=O)N1CCOCC1)C(N)=O. The van der Waals surface area contributed by atoms with Crippen LogP contribution in [0.5, 0.6) is 0 Å². The van der Waals surface area contributed by atoms with Gasteiger partial charge in [-0.15, -0.1) is 0 Å².